The minimum Gasteiger partial charge on any atom is -0.495 e. The molecule has 0 aliphatic heterocycles. The van der Waals surface area contributed by atoms with E-state index in [9.17, 15) is 13.2 Å². The molecule has 0 fully saturated rings. The summed E-state index contributed by atoms with van der Waals surface area (Å²) in [4.78, 5) is 13.1. The summed E-state index contributed by atoms with van der Waals surface area (Å²) in [5.41, 5.74) is 0.320. The molecule has 0 saturated heterocycles. The lowest BCUT2D eigenvalue weighted by atomic mass is 10.3. The molecule has 0 spiro atoms. The minimum atomic E-state index is -3.62. The van der Waals surface area contributed by atoms with Crippen molar-refractivity contribution >= 4 is 21.6 Å². The van der Waals surface area contributed by atoms with Crippen LogP contribution >= 0.6 is 0 Å². The molecule has 0 aliphatic rings. The number of hydrogen-bond donors (Lipinski definition) is 2. The van der Waals surface area contributed by atoms with E-state index in [4.69, 9.17) is 4.74 Å². The summed E-state index contributed by atoms with van der Waals surface area (Å²) < 4.78 is 31.9. The highest BCUT2D eigenvalue weighted by Crippen LogP contribution is 2.27. The lowest BCUT2D eigenvalue weighted by molar-refractivity contribution is -0.114. The first-order chi connectivity index (χ1) is 9.76. The number of amides is 1. The molecule has 21 heavy (non-hydrogen) atoms. The van der Waals surface area contributed by atoms with Crippen LogP contribution in [0.3, 0.4) is 0 Å². The molecule has 0 aliphatic carbocycles. The van der Waals surface area contributed by atoms with Crippen molar-refractivity contribution in [2.75, 3.05) is 39.6 Å². The average molecular weight is 315 g/mol. The summed E-state index contributed by atoms with van der Waals surface area (Å²) in [6.07, 6.45) is 0. The summed E-state index contributed by atoms with van der Waals surface area (Å²) in [6, 6.07) is 4.31. The maximum atomic E-state index is 12.2. The average Bonchev–Trinajstić information content (AvgIpc) is 2.37. The van der Waals surface area contributed by atoms with Gasteiger partial charge in [-0.3, -0.25) is 4.79 Å². The molecular weight excluding hydrogens is 294 g/mol. The highest BCUT2D eigenvalue weighted by Gasteiger charge is 2.16. The van der Waals surface area contributed by atoms with E-state index >= 15 is 0 Å². The Hall–Kier alpha value is -1.64. The first kappa shape index (κ1) is 17.4. The molecule has 1 amide bonds. The Morgan fingerprint density at radius 3 is 2.52 bits per heavy atom. The fourth-order valence-electron chi connectivity index (χ4n) is 1.63. The third kappa shape index (κ3) is 5.33. The number of sulfonamides is 1. The summed E-state index contributed by atoms with van der Waals surface area (Å²) in [5.74, 6) is 0.0980. The molecule has 0 saturated carbocycles. The van der Waals surface area contributed by atoms with Crippen LogP contribution in [0, 0.1) is 0 Å². The molecule has 2 N–H and O–H groups in total. The van der Waals surface area contributed by atoms with Gasteiger partial charge in [-0.2, -0.15) is 0 Å². The van der Waals surface area contributed by atoms with Gasteiger partial charge in [0.2, 0.25) is 15.9 Å². The number of likely N-dealkylation sites (N-methyl/N-ethyl adjacent to an activating group) is 1. The van der Waals surface area contributed by atoms with Gasteiger partial charge in [0.25, 0.3) is 0 Å². The molecule has 0 atom stereocenters. The second kappa shape index (κ2) is 7.39. The maximum Gasteiger partial charge on any atom is 0.240 e. The number of rotatable bonds is 7. The molecule has 0 heterocycles. The predicted octanol–water partition coefficient (Wildman–Crippen LogP) is 0.493. The van der Waals surface area contributed by atoms with Crippen molar-refractivity contribution in [3.05, 3.63) is 18.2 Å². The number of nitrogens with one attached hydrogen (secondary N) is 2. The lowest BCUT2D eigenvalue weighted by Crippen LogP contribution is -2.31. The molecule has 0 aromatic heterocycles. The van der Waals surface area contributed by atoms with E-state index in [0.29, 0.717) is 24.5 Å². The fourth-order valence-corrected chi connectivity index (χ4v) is 2.68. The third-order valence-corrected chi connectivity index (χ3v) is 4.10. The normalized spacial score (nSPS) is 11.5. The smallest absolute Gasteiger partial charge is 0.240 e. The predicted molar refractivity (Wildman–Crippen MR) is 81.0 cm³/mol. The molecule has 7 nitrogen and oxygen atoms in total. The number of ether oxygens (including phenoxy) is 1. The van der Waals surface area contributed by atoms with Crippen LogP contribution in [0.15, 0.2) is 23.1 Å². The Kier molecular flexibility index (Phi) is 6.13. The van der Waals surface area contributed by atoms with Crippen LogP contribution in [-0.2, 0) is 14.8 Å². The van der Waals surface area contributed by atoms with Crippen molar-refractivity contribution in [3.8, 4) is 5.75 Å². The van der Waals surface area contributed by atoms with E-state index in [1.54, 1.807) is 0 Å². The first-order valence-electron chi connectivity index (χ1n) is 6.36. The van der Waals surface area contributed by atoms with Gasteiger partial charge in [0, 0.05) is 20.0 Å². The molecule has 1 aromatic carbocycles. The van der Waals surface area contributed by atoms with Crippen molar-refractivity contribution in [2.24, 2.45) is 0 Å². The molecule has 8 heteroatoms. The monoisotopic (exact) mass is 315 g/mol. The van der Waals surface area contributed by atoms with Crippen LogP contribution in [0.4, 0.5) is 5.69 Å². The second-order valence-corrected chi connectivity index (χ2v) is 6.51. The summed E-state index contributed by atoms with van der Waals surface area (Å²) in [7, 11) is 1.54. The number of carbonyl (C=O) groups is 1. The minimum absolute atomic E-state index is 0.0748. The van der Waals surface area contributed by atoms with Gasteiger partial charge < -0.3 is 15.0 Å². The molecular formula is C13H21N3O4S. The Labute approximate surface area is 125 Å². The zero-order valence-corrected chi connectivity index (χ0v) is 13.5. The van der Waals surface area contributed by atoms with Crippen LogP contribution in [0.25, 0.3) is 0 Å². The van der Waals surface area contributed by atoms with Crippen LogP contribution in [0.5, 0.6) is 5.75 Å². The Morgan fingerprint density at radius 1 is 1.33 bits per heavy atom. The fraction of sp³-hybridized carbons (Fsp3) is 0.462. The van der Waals surface area contributed by atoms with E-state index in [1.165, 1.54) is 32.2 Å². The molecule has 0 unspecified atom stereocenters. The summed E-state index contributed by atoms with van der Waals surface area (Å²) in [6.45, 7) is 2.24. The van der Waals surface area contributed by atoms with Crippen molar-refractivity contribution in [2.45, 2.75) is 11.8 Å². The maximum absolute atomic E-state index is 12.2. The number of methoxy groups -OCH3 is 1. The van der Waals surface area contributed by atoms with Crippen molar-refractivity contribution < 1.29 is 17.9 Å². The molecule has 1 aromatic rings. The first-order valence-corrected chi connectivity index (χ1v) is 7.84. The standard InChI is InChI=1S/C13H21N3O4S/c1-10(17)15-12-9-11(5-6-13(12)20-4)21(18,19)14-7-8-16(2)3/h5-6,9,14H,7-8H2,1-4H3,(H,15,17). The van der Waals surface area contributed by atoms with Gasteiger partial charge in [-0.25, -0.2) is 13.1 Å². The third-order valence-electron chi connectivity index (χ3n) is 2.64. The molecule has 1 rings (SSSR count). The molecule has 118 valence electrons. The van der Waals surface area contributed by atoms with Gasteiger partial charge in [0.1, 0.15) is 5.75 Å². The van der Waals surface area contributed by atoms with Crippen molar-refractivity contribution in [3.63, 3.8) is 0 Å². The van der Waals surface area contributed by atoms with Crippen LogP contribution in [-0.4, -0.2) is 53.5 Å². The zero-order chi connectivity index (χ0) is 16.0. The highest BCUT2D eigenvalue weighted by molar-refractivity contribution is 7.89. The largest absolute Gasteiger partial charge is 0.495 e. The summed E-state index contributed by atoms with van der Waals surface area (Å²) >= 11 is 0. The van der Waals surface area contributed by atoms with Gasteiger partial charge in [0.15, 0.2) is 0 Å². The van der Waals surface area contributed by atoms with E-state index in [0.717, 1.165) is 0 Å². The van der Waals surface area contributed by atoms with Gasteiger partial charge in [-0.1, -0.05) is 0 Å². The Morgan fingerprint density at radius 2 is 2.00 bits per heavy atom. The number of carbonyl (C=O) groups excluding carboxylic acids is 1. The van der Waals surface area contributed by atoms with Crippen LogP contribution in [0.2, 0.25) is 0 Å². The number of benzene rings is 1. The second-order valence-electron chi connectivity index (χ2n) is 4.74. The molecule has 0 radical (unpaired) electrons. The highest BCUT2D eigenvalue weighted by atomic mass is 32.2. The van der Waals surface area contributed by atoms with Gasteiger partial charge in [-0.15, -0.1) is 0 Å². The number of anilines is 1. The number of nitrogens with zero attached hydrogens (tertiary/aromatic N) is 1. The van der Waals surface area contributed by atoms with E-state index < -0.39 is 10.0 Å². The van der Waals surface area contributed by atoms with E-state index in [2.05, 4.69) is 10.0 Å². The zero-order valence-electron chi connectivity index (χ0n) is 12.6. The van der Waals surface area contributed by atoms with Crippen LogP contribution < -0.4 is 14.8 Å². The lowest BCUT2D eigenvalue weighted by Gasteiger charge is -2.13. The SMILES string of the molecule is COc1ccc(S(=O)(=O)NCCN(C)C)cc1NC(C)=O. The Balaban J connectivity index is 2.98. The van der Waals surface area contributed by atoms with Crippen molar-refractivity contribution in [1.29, 1.82) is 0 Å². The quantitative estimate of drug-likeness (QED) is 0.765. The van der Waals surface area contributed by atoms with Gasteiger partial charge in [0.05, 0.1) is 17.7 Å². The summed E-state index contributed by atoms with van der Waals surface area (Å²) in [5, 5.41) is 2.55. The van der Waals surface area contributed by atoms with E-state index in [1.807, 2.05) is 19.0 Å². The van der Waals surface area contributed by atoms with E-state index in [-0.39, 0.29) is 10.8 Å². The Bertz CT molecular complexity index is 599. The molecule has 0 bridgehead atoms. The van der Waals surface area contributed by atoms with Crippen LogP contribution in [0.1, 0.15) is 6.92 Å². The number of hydrogen-bond acceptors (Lipinski definition) is 5. The van der Waals surface area contributed by atoms with Gasteiger partial charge in [-0.05, 0) is 32.3 Å². The van der Waals surface area contributed by atoms with Crippen molar-refractivity contribution in [1.82, 2.24) is 9.62 Å². The topological polar surface area (TPSA) is 87.7 Å². The van der Waals surface area contributed by atoms with Gasteiger partial charge >= 0.3 is 0 Å².